The Hall–Kier alpha value is -2.61. The van der Waals surface area contributed by atoms with Gasteiger partial charge in [0.15, 0.2) is 0 Å². The lowest BCUT2D eigenvalue weighted by molar-refractivity contribution is -0.137. The van der Waals surface area contributed by atoms with Crippen molar-refractivity contribution in [1.29, 1.82) is 0 Å². The number of aliphatic carboxylic acids is 1. The number of Topliss-reactive ketones (excluding diaryl/α,β-unsaturated/α-hetero) is 1. The van der Waals surface area contributed by atoms with Crippen LogP contribution >= 0.6 is 0 Å². The number of rotatable bonds is 40. The highest BCUT2D eigenvalue weighted by Gasteiger charge is 2.06. The molecular formula is C38H71N3O10. The molecule has 13 nitrogen and oxygen atoms in total. The summed E-state index contributed by atoms with van der Waals surface area (Å²) in [7, 11) is 0. The zero-order valence-electron chi connectivity index (χ0n) is 31.7. The van der Waals surface area contributed by atoms with E-state index in [9.17, 15) is 24.0 Å². The maximum absolute atomic E-state index is 12.2. The smallest absolute Gasteiger partial charge is 0.303 e. The SMILES string of the molecule is CCCNC(=O)COCCOCCNC(=O)COCCOCCNC(=O)CCCCC(=O)CCCCCCCCCCCCCCCCC(=O)O. The Morgan fingerprint density at radius 3 is 1.22 bits per heavy atom. The number of ether oxygens (including phenoxy) is 4. The van der Waals surface area contributed by atoms with Crippen molar-refractivity contribution in [3.63, 3.8) is 0 Å². The van der Waals surface area contributed by atoms with Gasteiger partial charge < -0.3 is 40.0 Å². The molecule has 13 heteroatoms. The lowest BCUT2D eigenvalue weighted by Crippen LogP contribution is -2.31. The first-order chi connectivity index (χ1) is 24.8. The summed E-state index contributed by atoms with van der Waals surface area (Å²) in [6, 6.07) is 0. The van der Waals surface area contributed by atoms with Crippen LogP contribution in [0.2, 0.25) is 0 Å². The predicted molar refractivity (Wildman–Crippen MR) is 198 cm³/mol. The van der Waals surface area contributed by atoms with E-state index < -0.39 is 5.97 Å². The molecule has 0 aliphatic rings. The normalized spacial score (nSPS) is 11.0. The topological polar surface area (TPSA) is 179 Å². The molecule has 51 heavy (non-hydrogen) atoms. The molecule has 0 unspecified atom stereocenters. The molecular weight excluding hydrogens is 658 g/mol. The maximum Gasteiger partial charge on any atom is 0.303 e. The molecule has 3 amide bonds. The van der Waals surface area contributed by atoms with Crippen LogP contribution in [0.3, 0.4) is 0 Å². The van der Waals surface area contributed by atoms with E-state index in [1.54, 1.807) is 0 Å². The third kappa shape index (κ3) is 40.0. The fourth-order valence-corrected chi connectivity index (χ4v) is 5.20. The van der Waals surface area contributed by atoms with Crippen molar-refractivity contribution in [3.8, 4) is 0 Å². The molecule has 0 aromatic carbocycles. The second-order valence-electron chi connectivity index (χ2n) is 13.0. The lowest BCUT2D eigenvalue weighted by atomic mass is 10.0. The summed E-state index contributed by atoms with van der Waals surface area (Å²) in [6.45, 7) is 5.17. The van der Waals surface area contributed by atoms with Crippen LogP contribution in [0.5, 0.6) is 0 Å². The lowest BCUT2D eigenvalue weighted by Gasteiger charge is -2.09. The zero-order valence-corrected chi connectivity index (χ0v) is 31.7. The molecule has 0 bridgehead atoms. The molecule has 0 aliphatic carbocycles. The minimum absolute atomic E-state index is 0.00768. The Kier molecular flexibility index (Phi) is 36.6. The molecule has 0 saturated carbocycles. The minimum Gasteiger partial charge on any atom is -0.481 e. The fraction of sp³-hybridized carbons (Fsp3) is 0.868. The average Bonchev–Trinajstić information content (AvgIpc) is 3.11. The Morgan fingerprint density at radius 2 is 0.765 bits per heavy atom. The van der Waals surface area contributed by atoms with E-state index in [4.69, 9.17) is 24.1 Å². The van der Waals surface area contributed by atoms with Crippen molar-refractivity contribution in [2.75, 3.05) is 72.5 Å². The predicted octanol–water partition coefficient (Wildman–Crippen LogP) is 5.27. The summed E-state index contributed by atoms with van der Waals surface area (Å²) in [6.07, 6.45) is 20.6. The third-order valence-electron chi connectivity index (χ3n) is 8.13. The number of carbonyl (C=O) groups is 5. The van der Waals surface area contributed by atoms with Gasteiger partial charge in [-0.2, -0.15) is 0 Å². The van der Waals surface area contributed by atoms with E-state index in [0.29, 0.717) is 90.6 Å². The molecule has 0 heterocycles. The van der Waals surface area contributed by atoms with Gasteiger partial charge in [0.05, 0.1) is 39.6 Å². The summed E-state index contributed by atoms with van der Waals surface area (Å²) in [4.78, 5) is 57.8. The first-order valence-corrected chi connectivity index (χ1v) is 19.7. The van der Waals surface area contributed by atoms with Gasteiger partial charge >= 0.3 is 5.97 Å². The fourth-order valence-electron chi connectivity index (χ4n) is 5.20. The molecule has 0 aliphatic heterocycles. The van der Waals surface area contributed by atoms with Crippen LogP contribution in [0.15, 0.2) is 0 Å². The minimum atomic E-state index is -0.691. The van der Waals surface area contributed by atoms with Gasteiger partial charge in [0, 0.05) is 45.3 Å². The van der Waals surface area contributed by atoms with Gasteiger partial charge in [-0.05, 0) is 32.1 Å². The van der Waals surface area contributed by atoms with Gasteiger partial charge in [-0.1, -0.05) is 84.0 Å². The van der Waals surface area contributed by atoms with E-state index in [-0.39, 0.29) is 37.5 Å². The number of carboxylic acids is 1. The number of hydrogen-bond acceptors (Lipinski definition) is 9. The van der Waals surface area contributed by atoms with Gasteiger partial charge in [-0.25, -0.2) is 0 Å². The number of ketones is 1. The monoisotopic (exact) mass is 730 g/mol. The number of carbonyl (C=O) groups excluding carboxylic acids is 4. The van der Waals surface area contributed by atoms with E-state index in [0.717, 1.165) is 44.9 Å². The van der Waals surface area contributed by atoms with Crippen molar-refractivity contribution in [2.45, 2.75) is 142 Å². The van der Waals surface area contributed by atoms with E-state index in [1.807, 2.05) is 6.92 Å². The largest absolute Gasteiger partial charge is 0.481 e. The molecule has 0 radical (unpaired) electrons. The van der Waals surface area contributed by atoms with E-state index >= 15 is 0 Å². The number of nitrogens with one attached hydrogen (secondary N) is 3. The Balaban J connectivity index is 3.36. The van der Waals surface area contributed by atoms with Crippen LogP contribution in [-0.4, -0.2) is 107 Å². The molecule has 0 rings (SSSR count). The second kappa shape index (κ2) is 38.6. The van der Waals surface area contributed by atoms with Crippen molar-refractivity contribution < 1.29 is 48.0 Å². The quantitative estimate of drug-likeness (QED) is 0.0608. The molecule has 0 aromatic rings. The molecule has 4 N–H and O–H groups in total. The van der Waals surface area contributed by atoms with Crippen molar-refractivity contribution in [2.24, 2.45) is 0 Å². The third-order valence-corrected chi connectivity index (χ3v) is 8.13. The van der Waals surface area contributed by atoms with Crippen LogP contribution in [-0.2, 0) is 42.9 Å². The molecule has 0 saturated heterocycles. The van der Waals surface area contributed by atoms with Gasteiger partial charge in [-0.3, -0.25) is 24.0 Å². The van der Waals surface area contributed by atoms with E-state index in [2.05, 4.69) is 16.0 Å². The Morgan fingerprint density at radius 1 is 0.412 bits per heavy atom. The van der Waals surface area contributed by atoms with Gasteiger partial charge in [0.25, 0.3) is 0 Å². The van der Waals surface area contributed by atoms with Crippen LogP contribution in [0, 0.1) is 0 Å². The highest BCUT2D eigenvalue weighted by atomic mass is 16.5. The summed E-state index contributed by atoms with van der Waals surface area (Å²) < 4.78 is 21.3. The Labute approximate surface area is 307 Å². The van der Waals surface area contributed by atoms with Gasteiger partial charge in [0.1, 0.15) is 19.0 Å². The molecule has 0 aromatic heterocycles. The standard InChI is InChI=1S/C38H71N3O10/c1-2-23-39-36(44)32-50-30-29-49-27-25-41-37(45)33-51-31-28-48-26-24-40-35(43)21-18-17-20-34(42)19-15-13-11-9-7-5-3-4-6-8-10-12-14-16-22-38(46)47/h2-33H2,1H3,(H,39,44)(H,40,43)(H,41,45)(H,46,47). The Bertz CT molecular complexity index is 875. The first-order valence-electron chi connectivity index (χ1n) is 19.7. The summed E-state index contributed by atoms with van der Waals surface area (Å²) in [5.74, 6) is -0.841. The van der Waals surface area contributed by atoms with Gasteiger partial charge in [-0.15, -0.1) is 0 Å². The molecule has 0 atom stereocenters. The van der Waals surface area contributed by atoms with Crippen LogP contribution < -0.4 is 16.0 Å². The van der Waals surface area contributed by atoms with Crippen molar-refractivity contribution in [3.05, 3.63) is 0 Å². The van der Waals surface area contributed by atoms with Crippen molar-refractivity contribution >= 4 is 29.5 Å². The summed E-state index contributed by atoms with van der Waals surface area (Å²) in [5, 5.41) is 16.9. The van der Waals surface area contributed by atoms with Gasteiger partial charge in [0.2, 0.25) is 17.7 Å². The van der Waals surface area contributed by atoms with Crippen LogP contribution in [0.25, 0.3) is 0 Å². The summed E-state index contributed by atoms with van der Waals surface area (Å²) >= 11 is 0. The average molecular weight is 730 g/mol. The second-order valence-corrected chi connectivity index (χ2v) is 13.0. The molecule has 298 valence electrons. The highest BCUT2D eigenvalue weighted by molar-refractivity contribution is 5.79. The number of carboxylic acid groups (broad SMARTS) is 1. The van der Waals surface area contributed by atoms with Crippen LogP contribution in [0.4, 0.5) is 0 Å². The number of amides is 3. The highest BCUT2D eigenvalue weighted by Crippen LogP contribution is 2.14. The van der Waals surface area contributed by atoms with E-state index in [1.165, 1.54) is 57.8 Å². The van der Waals surface area contributed by atoms with Crippen molar-refractivity contribution in [1.82, 2.24) is 16.0 Å². The summed E-state index contributed by atoms with van der Waals surface area (Å²) in [5.41, 5.74) is 0. The maximum atomic E-state index is 12.2. The molecule has 0 fully saturated rings. The zero-order chi connectivity index (χ0) is 37.5. The molecule has 0 spiro atoms. The first kappa shape index (κ1) is 48.4. The number of unbranched alkanes of at least 4 members (excludes halogenated alkanes) is 14. The van der Waals surface area contributed by atoms with Crippen LogP contribution in [0.1, 0.15) is 142 Å². The number of hydrogen-bond donors (Lipinski definition) is 4.